The van der Waals surface area contributed by atoms with Crippen molar-refractivity contribution in [2.75, 3.05) is 0 Å². The summed E-state index contributed by atoms with van der Waals surface area (Å²) >= 11 is 9.42. The summed E-state index contributed by atoms with van der Waals surface area (Å²) in [4.78, 5) is 26.2. The van der Waals surface area contributed by atoms with Crippen LogP contribution in [0, 0.1) is 6.92 Å². The number of hydrogen-bond acceptors (Lipinski definition) is 3. The Morgan fingerprint density at radius 2 is 1.69 bits per heavy atom. The Kier molecular flexibility index (Phi) is 6.63. The number of ether oxygens (including phenoxy) is 1. The Morgan fingerprint density at radius 3 is 2.38 bits per heavy atom. The molecule has 0 atom stereocenters. The molecular weight excluding hydrogens is 492 g/mol. The summed E-state index contributed by atoms with van der Waals surface area (Å²) in [5.41, 5.74) is 4.08. The number of hydrogen-bond donors (Lipinski definition) is 1. The second-order valence-corrected chi connectivity index (χ2v) is 8.76. The van der Waals surface area contributed by atoms with Gasteiger partial charge in [0.2, 0.25) is 0 Å². The standard InChI is InChI=1S/C25H20BrClN2O3/c1-16-2-4-18(5-3-16)15-32-23-11-8-19(12-21(23)26)13-22-24(30)29(25(31)28-22)14-17-6-9-20(27)10-7-17/h2-13H,14-15H2,1H3,(H,28,31)/b22-13-. The molecule has 162 valence electrons. The van der Waals surface area contributed by atoms with Crippen LogP contribution in [-0.4, -0.2) is 16.8 Å². The van der Waals surface area contributed by atoms with Gasteiger partial charge in [-0.15, -0.1) is 0 Å². The van der Waals surface area contributed by atoms with Gasteiger partial charge in [0.15, 0.2) is 0 Å². The summed E-state index contributed by atoms with van der Waals surface area (Å²) in [6.45, 7) is 2.67. The minimum atomic E-state index is -0.451. The number of nitrogens with zero attached hydrogens (tertiary/aromatic N) is 1. The van der Waals surface area contributed by atoms with Crippen molar-refractivity contribution < 1.29 is 14.3 Å². The number of carbonyl (C=O) groups excluding carboxylic acids is 2. The lowest BCUT2D eigenvalue weighted by molar-refractivity contribution is -0.123. The van der Waals surface area contributed by atoms with Crippen molar-refractivity contribution in [3.8, 4) is 5.75 Å². The molecule has 1 N–H and O–H groups in total. The third kappa shape index (κ3) is 5.21. The monoisotopic (exact) mass is 510 g/mol. The summed E-state index contributed by atoms with van der Waals surface area (Å²) < 4.78 is 6.65. The first-order valence-corrected chi connectivity index (χ1v) is 11.1. The maximum atomic E-state index is 12.7. The van der Waals surface area contributed by atoms with Crippen molar-refractivity contribution in [2.24, 2.45) is 0 Å². The second-order valence-electron chi connectivity index (χ2n) is 7.47. The van der Waals surface area contributed by atoms with Gasteiger partial charge in [-0.1, -0.05) is 59.6 Å². The van der Waals surface area contributed by atoms with Gasteiger partial charge in [-0.05, 0) is 69.9 Å². The molecule has 3 aromatic rings. The molecule has 0 bridgehead atoms. The van der Waals surface area contributed by atoms with E-state index in [1.54, 1.807) is 30.3 Å². The Bertz CT molecular complexity index is 1190. The van der Waals surface area contributed by atoms with Gasteiger partial charge in [-0.2, -0.15) is 0 Å². The summed E-state index contributed by atoms with van der Waals surface area (Å²) in [5.74, 6) is 0.319. The number of benzene rings is 3. The van der Waals surface area contributed by atoms with Crippen LogP contribution in [0.15, 0.2) is 76.9 Å². The lowest BCUT2D eigenvalue weighted by Crippen LogP contribution is -2.30. The zero-order valence-corrected chi connectivity index (χ0v) is 19.6. The molecule has 1 aliphatic rings. The minimum absolute atomic E-state index is 0.175. The van der Waals surface area contributed by atoms with Gasteiger partial charge in [0, 0.05) is 5.02 Å². The van der Waals surface area contributed by atoms with Crippen LogP contribution >= 0.6 is 27.5 Å². The number of urea groups is 1. The predicted octanol–water partition coefficient (Wildman–Crippen LogP) is 6.08. The number of rotatable bonds is 6. The third-order valence-corrected chi connectivity index (χ3v) is 5.87. The number of aryl methyl sites for hydroxylation is 1. The number of carbonyl (C=O) groups is 2. The summed E-state index contributed by atoms with van der Waals surface area (Å²) in [6.07, 6.45) is 1.65. The van der Waals surface area contributed by atoms with Crippen LogP contribution in [0.25, 0.3) is 6.08 Å². The van der Waals surface area contributed by atoms with E-state index in [9.17, 15) is 9.59 Å². The van der Waals surface area contributed by atoms with Crippen molar-refractivity contribution in [3.63, 3.8) is 0 Å². The molecule has 32 heavy (non-hydrogen) atoms. The first-order valence-electron chi connectivity index (χ1n) is 9.96. The summed E-state index contributed by atoms with van der Waals surface area (Å²) in [7, 11) is 0. The van der Waals surface area contributed by atoms with E-state index in [0.29, 0.717) is 17.4 Å². The normalized spacial score (nSPS) is 14.7. The average Bonchev–Trinajstić information content (AvgIpc) is 3.03. The van der Waals surface area contributed by atoms with Gasteiger partial charge < -0.3 is 10.1 Å². The molecule has 0 unspecified atom stereocenters. The van der Waals surface area contributed by atoms with E-state index in [-0.39, 0.29) is 18.1 Å². The molecule has 7 heteroatoms. The average molecular weight is 512 g/mol. The zero-order valence-electron chi connectivity index (χ0n) is 17.3. The van der Waals surface area contributed by atoms with Gasteiger partial charge in [-0.3, -0.25) is 9.69 Å². The largest absolute Gasteiger partial charge is 0.488 e. The summed E-state index contributed by atoms with van der Waals surface area (Å²) in [5, 5.41) is 3.25. The highest BCUT2D eigenvalue weighted by Gasteiger charge is 2.33. The number of amides is 3. The molecule has 0 aromatic heterocycles. The summed E-state index contributed by atoms with van der Waals surface area (Å²) in [6, 6.07) is 20.3. The number of nitrogens with one attached hydrogen (secondary N) is 1. The van der Waals surface area contributed by atoms with Crippen LogP contribution in [0.2, 0.25) is 5.02 Å². The molecule has 0 aliphatic carbocycles. The van der Waals surface area contributed by atoms with Crippen LogP contribution in [0.5, 0.6) is 5.75 Å². The fraction of sp³-hybridized carbons (Fsp3) is 0.120. The van der Waals surface area contributed by atoms with Crippen LogP contribution in [0.1, 0.15) is 22.3 Å². The van der Waals surface area contributed by atoms with Crippen LogP contribution in [0.4, 0.5) is 4.79 Å². The first-order chi connectivity index (χ1) is 15.4. The highest BCUT2D eigenvalue weighted by molar-refractivity contribution is 9.10. The van der Waals surface area contributed by atoms with Gasteiger partial charge in [-0.25, -0.2) is 4.79 Å². The Labute approximate surface area is 199 Å². The second kappa shape index (κ2) is 9.59. The Hall–Kier alpha value is -3.09. The Balaban J connectivity index is 1.44. The van der Waals surface area contributed by atoms with Gasteiger partial charge >= 0.3 is 6.03 Å². The van der Waals surface area contributed by atoms with E-state index in [1.165, 1.54) is 10.5 Å². The number of imide groups is 1. The topological polar surface area (TPSA) is 58.6 Å². The molecule has 5 nitrogen and oxygen atoms in total. The quantitative estimate of drug-likeness (QED) is 0.322. The van der Waals surface area contributed by atoms with Crippen LogP contribution < -0.4 is 10.1 Å². The molecule has 3 aromatic carbocycles. The molecule has 1 heterocycles. The highest BCUT2D eigenvalue weighted by Crippen LogP contribution is 2.28. The number of halogens is 2. The van der Waals surface area contributed by atoms with E-state index in [1.807, 2.05) is 49.4 Å². The molecular formula is C25H20BrClN2O3. The maximum absolute atomic E-state index is 12.7. The Morgan fingerprint density at radius 1 is 1.00 bits per heavy atom. The van der Waals surface area contributed by atoms with Crippen LogP contribution in [0.3, 0.4) is 0 Å². The van der Waals surface area contributed by atoms with E-state index in [0.717, 1.165) is 21.2 Å². The maximum Gasteiger partial charge on any atom is 0.329 e. The molecule has 0 radical (unpaired) electrons. The lowest BCUT2D eigenvalue weighted by atomic mass is 10.1. The van der Waals surface area contributed by atoms with Crippen molar-refractivity contribution in [1.82, 2.24) is 10.2 Å². The van der Waals surface area contributed by atoms with Crippen molar-refractivity contribution in [2.45, 2.75) is 20.1 Å². The molecule has 3 amide bonds. The van der Waals surface area contributed by atoms with Crippen LogP contribution in [-0.2, 0) is 17.9 Å². The molecule has 4 rings (SSSR count). The first kappa shape index (κ1) is 22.1. The minimum Gasteiger partial charge on any atom is -0.488 e. The lowest BCUT2D eigenvalue weighted by Gasteiger charge is -2.11. The van der Waals surface area contributed by atoms with Gasteiger partial charge in [0.05, 0.1) is 11.0 Å². The van der Waals surface area contributed by atoms with E-state index in [2.05, 4.69) is 21.2 Å². The molecule has 1 saturated heterocycles. The SMILES string of the molecule is Cc1ccc(COc2ccc(/C=C3\NC(=O)N(Cc4ccc(Cl)cc4)C3=O)cc2Br)cc1. The van der Waals surface area contributed by atoms with Gasteiger partial charge in [0.1, 0.15) is 18.1 Å². The fourth-order valence-corrected chi connectivity index (χ4v) is 3.86. The van der Waals surface area contributed by atoms with E-state index < -0.39 is 6.03 Å². The van der Waals surface area contributed by atoms with E-state index >= 15 is 0 Å². The fourth-order valence-electron chi connectivity index (χ4n) is 3.22. The predicted molar refractivity (Wildman–Crippen MR) is 128 cm³/mol. The smallest absolute Gasteiger partial charge is 0.329 e. The molecule has 1 aliphatic heterocycles. The highest BCUT2D eigenvalue weighted by atomic mass is 79.9. The van der Waals surface area contributed by atoms with Gasteiger partial charge in [0.25, 0.3) is 5.91 Å². The zero-order chi connectivity index (χ0) is 22.7. The molecule has 0 spiro atoms. The van der Waals surface area contributed by atoms with Crippen molar-refractivity contribution in [1.29, 1.82) is 0 Å². The molecule has 1 fully saturated rings. The third-order valence-electron chi connectivity index (χ3n) is 5.00. The van der Waals surface area contributed by atoms with Crippen molar-refractivity contribution >= 4 is 45.5 Å². The molecule has 0 saturated carbocycles. The van der Waals surface area contributed by atoms with E-state index in [4.69, 9.17) is 16.3 Å². The van der Waals surface area contributed by atoms with Crippen molar-refractivity contribution in [3.05, 3.63) is 104 Å².